The van der Waals surface area contributed by atoms with Gasteiger partial charge < -0.3 is 5.73 Å². The van der Waals surface area contributed by atoms with Gasteiger partial charge in [0.1, 0.15) is 0 Å². The number of pyridine rings is 2. The standard InChI is InChI=1S/C5H2BrIN2O2.C5H4IN3O2/c6-5-4(9(10)11)1-3(7)2-8-5;6-3-1-4(9(10)11)5(7)8-2-3/h1-2H;1-2H,(H2,7,8). The van der Waals surface area contributed by atoms with Crippen LogP contribution in [0.4, 0.5) is 17.2 Å². The van der Waals surface area contributed by atoms with Gasteiger partial charge >= 0.3 is 11.4 Å². The maximum Gasteiger partial charge on any atom is 0.312 e. The van der Waals surface area contributed by atoms with Crippen LogP contribution in [0.15, 0.2) is 29.1 Å². The lowest BCUT2D eigenvalue weighted by atomic mass is 10.4. The van der Waals surface area contributed by atoms with Crippen molar-refractivity contribution < 1.29 is 9.85 Å². The summed E-state index contributed by atoms with van der Waals surface area (Å²) in [6.07, 6.45) is 3.03. The summed E-state index contributed by atoms with van der Waals surface area (Å²) in [4.78, 5) is 26.9. The molecule has 0 spiro atoms. The lowest BCUT2D eigenvalue weighted by molar-refractivity contribution is -0.386. The van der Waals surface area contributed by atoms with Crippen molar-refractivity contribution in [3.63, 3.8) is 0 Å². The smallest absolute Gasteiger partial charge is 0.312 e. The molecule has 2 rings (SSSR count). The molecule has 0 unspecified atom stereocenters. The minimum atomic E-state index is -0.551. The fourth-order valence-corrected chi connectivity index (χ4v) is 2.36. The highest BCUT2D eigenvalue weighted by Crippen LogP contribution is 2.23. The number of rotatable bonds is 2. The zero-order chi connectivity index (χ0) is 16.9. The molecule has 0 atom stereocenters. The zero-order valence-electron chi connectivity index (χ0n) is 10.4. The van der Waals surface area contributed by atoms with Gasteiger partial charge in [0.25, 0.3) is 0 Å². The van der Waals surface area contributed by atoms with Crippen LogP contribution in [0.3, 0.4) is 0 Å². The fraction of sp³-hybridized carbons (Fsp3) is 0. The van der Waals surface area contributed by atoms with Crippen LogP contribution in [0.2, 0.25) is 0 Å². The van der Waals surface area contributed by atoms with Crippen molar-refractivity contribution in [2.24, 2.45) is 0 Å². The van der Waals surface area contributed by atoms with E-state index in [1.807, 2.05) is 45.2 Å². The third-order valence-corrected chi connectivity index (χ3v) is 3.84. The molecule has 0 bridgehead atoms. The molecule has 9 nitrogen and oxygen atoms in total. The van der Waals surface area contributed by atoms with E-state index in [4.69, 9.17) is 5.73 Å². The number of nitro groups is 2. The van der Waals surface area contributed by atoms with Gasteiger partial charge in [-0.05, 0) is 61.1 Å². The van der Waals surface area contributed by atoms with Gasteiger partial charge in [0.15, 0.2) is 4.60 Å². The second kappa shape index (κ2) is 8.47. The van der Waals surface area contributed by atoms with E-state index < -0.39 is 9.85 Å². The molecule has 0 aromatic carbocycles. The van der Waals surface area contributed by atoms with Crippen molar-refractivity contribution in [2.45, 2.75) is 0 Å². The molecule has 22 heavy (non-hydrogen) atoms. The number of halogens is 3. The highest BCUT2D eigenvalue weighted by molar-refractivity contribution is 14.1. The van der Waals surface area contributed by atoms with E-state index in [1.165, 1.54) is 18.3 Å². The number of aromatic nitrogens is 2. The fourth-order valence-electron chi connectivity index (χ4n) is 1.13. The Labute approximate surface area is 159 Å². The van der Waals surface area contributed by atoms with Crippen LogP contribution in [0.1, 0.15) is 0 Å². The first-order valence-electron chi connectivity index (χ1n) is 5.23. The molecule has 2 aromatic heterocycles. The van der Waals surface area contributed by atoms with Gasteiger partial charge in [0.05, 0.1) is 9.85 Å². The first kappa shape index (κ1) is 18.9. The Hall–Kier alpha value is -1.16. The van der Waals surface area contributed by atoms with Crippen LogP contribution in [0, 0.1) is 27.4 Å². The van der Waals surface area contributed by atoms with Gasteiger partial charge in [-0.2, -0.15) is 0 Å². The van der Waals surface area contributed by atoms with E-state index in [0.717, 1.165) is 3.57 Å². The number of hydrogen-bond donors (Lipinski definition) is 1. The second-order valence-electron chi connectivity index (χ2n) is 3.54. The van der Waals surface area contributed by atoms with Crippen LogP contribution in [-0.4, -0.2) is 19.8 Å². The quantitative estimate of drug-likeness (QED) is 0.243. The SMILES string of the molecule is Nc1ncc(I)cc1[N+](=O)[O-].O=[N+]([O-])c1cc(I)cnc1Br. The first-order valence-corrected chi connectivity index (χ1v) is 8.18. The van der Waals surface area contributed by atoms with E-state index in [2.05, 4.69) is 25.9 Å². The Balaban J connectivity index is 0.000000220. The number of anilines is 1. The van der Waals surface area contributed by atoms with Crippen LogP contribution in [0.5, 0.6) is 0 Å². The Morgan fingerprint density at radius 2 is 1.45 bits per heavy atom. The largest absolute Gasteiger partial charge is 0.378 e. The van der Waals surface area contributed by atoms with Gasteiger partial charge in [0.2, 0.25) is 5.82 Å². The van der Waals surface area contributed by atoms with Crippen LogP contribution in [-0.2, 0) is 0 Å². The van der Waals surface area contributed by atoms with Gasteiger partial charge in [0, 0.05) is 31.7 Å². The van der Waals surface area contributed by atoms with Crippen molar-refractivity contribution in [3.8, 4) is 0 Å². The minimum Gasteiger partial charge on any atom is -0.378 e. The molecule has 0 amide bonds. The maximum atomic E-state index is 10.3. The van der Waals surface area contributed by atoms with Crippen molar-refractivity contribution in [1.29, 1.82) is 0 Å². The molecule has 2 heterocycles. The summed E-state index contributed by atoms with van der Waals surface area (Å²) < 4.78 is 1.71. The molecule has 0 saturated heterocycles. The Kier molecular flexibility index (Phi) is 7.27. The molecule has 116 valence electrons. The predicted molar refractivity (Wildman–Crippen MR) is 99.3 cm³/mol. The number of nitrogens with two attached hydrogens (primary N) is 1. The van der Waals surface area contributed by atoms with E-state index in [1.54, 1.807) is 6.20 Å². The third kappa shape index (κ3) is 5.56. The summed E-state index contributed by atoms with van der Waals surface area (Å²) in [5.41, 5.74) is 5.09. The molecule has 12 heteroatoms. The summed E-state index contributed by atoms with van der Waals surface area (Å²) in [6, 6.07) is 2.83. The topological polar surface area (TPSA) is 138 Å². The normalized spacial score (nSPS) is 9.59. The lowest BCUT2D eigenvalue weighted by Gasteiger charge is -1.94. The summed E-state index contributed by atoms with van der Waals surface area (Å²) in [5.74, 6) is -0.0459. The monoisotopic (exact) mass is 593 g/mol. The first-order chi connectivity index (χ1) is 10.2. The predicted octanol–water partition coefficient (Wildman–Crippen LogP) is 3.53. The van der Waals surface area contributed by atoms with Gasteiger partial charge in [-0.15, -0.1) is 0 Å². The third-order valence-electron chi connectivity index (χ3n) is 2.04. The molecule has 2 N–H and O–H groups in total. The molecule has 0 saturated carbocycles. The Morgan fingerprint density at radius 3 is 1.86 bits per heavy atom. The highest BCUT2D eigenvalue weighted by Gasteiger charge is 2.12. The second-order valence-corrected chi connectivity index (χ2v) is 6.78. The minimum absolute atomic E-state index is 0.00287. The molecule has 0 aliphatic carbocycles. The van der Waals surface area contributed by atoms with Crippen LogP contribution >= 0.6 is 61.1 Å². The maximum absolute atomic E-state index is 10.3. The van der Waals surface area contributed by atoms with Crippen LogP contribution < -0.4 is 5.73 Å². The van der Waals surface area contributed by atoms with Crippen molar-refractivity contribution in [1.82, 2.24) is 9.97 Å². The summed E-state index contributed by atoms with van der Waals surface area (Å²) in [5, 5.41) is 20.6. The molecular formula is C10H6BrI2N5O4. The van der Waals surface area contributed by atoms with Crippen molar-refractivity contribution >= 4 is 78.3 Å². The van der Waals surface area contributed by atoms with Gasteiger partial charge in [-0.1, -0.05) is 0 Å². The molecular weight excluding hydrogens is 588 g/mol. The molecule has 0 fully saturated rings. The summed E-state index contributed by atoms with van der Waals surface area (Å²) >= 11 is 6.88. The summed E-state index contributed by atoms with van der Waals surface area (Å²) in [6.45, 7) is 0. The van der Waals surface area contributed by atoms with E-state index in [-0.39, 0.29) is 21.8 Å². The van der Waals surface area contributed by atoms with Crippen molar-refractivity contribution in [2.75, 3.05) is 5.73 Å². The number of hydrogen-bond acceptors (Lipinski definition) is 7. The Morgan fingerprint density at radius 1 is 1.00 bits per heavy atom. The summed E-state index contributed by atoms with van der Waals surface area (Å²) in [7, 11) is 0. The average Bonchev–Trinajstić information content (AvgIpc) is 2.44. The van der Waals surface area contributed by atoms with Crippen molar-refractivity contribution in [3.05, 3.63) is 56.5 Å². The number of nitrogens with zero attached hydrogens (tertiary/aromatic N) is 4. The van der Waals surface area contributed by atoms with Crippen LogP contribution in [0.25, 0.3) is 0 Å². The average molecular weight is 594 g/mol. The van der Waals surface area contributed by atoms with Gasteiger partial charge in [-0.3, -0.25) is 20.2 Å². The lowest BCUT2D eigenvalue weighted by Crippen LogP contribution is -1.98. The highest BCUT2D eigenvalue weighted by atomic mass is 127. The van der Waals surface area contributed by atoms with E-state index in [0.29, 0.717) is 3.57 Å². The number of nitrogen functional groups attached to an aromatic ring is 1. The van der Waals surface area contributed by atoms with Gasteiger partial charge in [-0.25, -0.2) is 9.97 Å². The Bertz CT molecular complexity index is 669. The molecule has 0 aliphatic rings. The molecule has 0 aliphatic heterocycles. The van der Waals surface area contributed by atoms with E-state index >= 15 is 0 Å². The zero-order valence-corrected chi connectivity index (χ0v) is 16.3. The molecule has 0 radical (unpaired) electrons. The molecule has 2 aromatic rings. The van der Waals surface area contributed by atoms with E-state index in [9.17, 15) is 20.2 Å².